The molecule has 0 saturated heterocycles. The maximum absolute atomic E-state index is 3.29. The van der Waals surface area contributed by atoms with Crippen LogP contribution in [0.4, 0.5) is 0 Å². The lowest BCUT2D eigenvalue weighted by Gasteiger charge is -1.98. The van der Waals surface area contributed by atoms with Crippen LogP contribution in [0.2, 0.25) is 0 Å². The molecule has 0 aliphatic heterocycles. The molecule has 0 aromatic rings. The van der Waals surface area contributed by atoms with Crippen LogP contribution in [-0.2, 0) is 0 Å². The summed E-state index contributed by atoms with van der Waals surface area (Å²) in [5.74, 6) is 0. The molecule has 0 bridgehead atoms. The zero-order valence-corrected chi connectivity index (χ0v) is 6.61. The first-order valence-corrected chi connectivity index (χ1v) is 3.94. The van der Waals surface area contributed by atoms with Gasteiger partial charge in [0.25, 0.3) is 0 Å². The van der Waals surface area contributed by atoms with E-state index in [0.29, 0.717) is 0 Å². The molecule has 0 amide bonds. The highest BCUT2D eigenvalue weighted by molar-refractivity contribution is 4.61. The van der Waals surface area contributed by atoms with Crippen LogP contribution in [0.5, 0.6) is 0 Å². The fraction of sp³-hybridized carbons (Fsp3) is 0.875. The summed E-state index contributed by atoms with van der Waals surface area (Å²) in [6.45, 7) is 6.61. The summed E-state index contributed by atoms with van der Waals surface area (Å²) in [5.41, 5.74) is 0. The van der Waals surface area contributed by atoms with E-state index < -0.39 is 0 Å². The summed E-state index contributed by atoms with van der Waals surface area (Å²) in [6.07, 6.45) is 6.11. The molecule has 1 heteroatoms. The second-order valence-corrected chi connectivity index (χ2v) is 2.19. The Balaban J connectivity index is 2.60. The minimum atomic E-state index is 1.10. The van der Waals surface area contributed by atoms with Crippen LogP contribution in [0.25, 0.3) is 0 Å². The molecule has 0 heterocycles. The van der Waals surface area contributed by atoms with Crippen molar-refractivity contribution in [2.45, 2.75) is 33.1 Å². The normalized spacial score (nSPS) is 10.0. The molecule has 0 aliphatic carbocycles. The third-order valence-electron chi connectivity index (χ3n) is 1.30. The summed E-state index contributed by atoms with van der Waals surface area (Å²) in [6, 6.07) is 0. The lowest BCUT2D eigenvalue weighted by atomic mass is 10.2. The molecule has 0 aromatic heterocycles. The maximum atomic E-state index is 3.29. The van der Waals surface area contributed by atoms with Crippen LogP contribution < -0.4 is 5.32 Å². The largest absolute Gasteiger partial charge is 0.317 e. The van der Waals surface area contributed by atoms with Gasteiger partial charge in [-0.15, -0.1) is 0 Å². The lowest BCUT2D eigenvalue weighted by Crippen LogP contribution is -2.13. The van der Waals surface area contributed by atoms with Gasteiger partial charge in [0, 0.05) is 0 Å². The van der Waals surface area contributed by atoms with Gasteiger partial charge in [0.1, 0.15) is 0 Å². The molecule has 0 spiro atoms. The number of unbranched alkanes of at least 4 members (excludes halogenated alkanes) is 3. The predicted molar refractivity (Wildman–Crippen MR) is 42.4 cm³/mol. The van der Waals surface area contributed by atoms with Crippen molar-refractivity contribution in [1.82, 2.24) is 5.32 Å². The predicted octanol–water partition coefficient (Wildman–Crippen LogP) is 1.99. The fourth-order valence-corrected chi connectivity index (χ4v) is 0.752. The van der Waals surface area contributed by atoms with Gasteiger partial charge in [0.2, 0.25) is 0 Å². The van der Waals surface area contributed by atoms with Crippen molar-refractivity contribution < 1.29 is 0 Å². The average molecular weight is 128 g/mol. The Labute approximate surface area is 58.8 Å². The Morgan fingerprint density at radius 1 is 1.33 bits per heavy atom. The van der Waals surface area contributed by atoms with E-state index in [9.17, 15) is 0 Å². The van der Waals surface area contributed by atoms with Crippen molar-refractivity contribution in [2.24, 2.45) is 0 Å². The highest BCUT2D eigenvalue weighted by Crippen LogP contribution is 1.94. The maximum Gasteiger partial charge on any atom is -0.00489 e. The van der Waals surface area contributed by atoms with E-state index in [1.54, 1.807) is 0 Å². The third kappa shape index (κ3) is 7.96. The molecule has 0 atom stereocenters. The van der Waals surface area contributed by atoms with Crippen LogP contribution in [0.15, 0.2) is 0 Å². The number of hydrogen-bond donors (Lipinski definition) is 1. The van der Waals surface area contributed by atoms with Crippen molar-refractivity contribution in [3.05, 3.63) is 6.42 Å². The summed E-state index contributed by atoms with van der Waals surface area (Å²) in [4.78, 5) is 0. The van der Waals surface area contributed by atoms with E-state index in [4.69, 9.17) is 0 Å². The van der Waals surface area contributed by atoms with Gasteiger partial charge in [0.05, 0.1) is 0 Å². The zero-order valence-electron chi connectivity index (χ0n) is 6.61. The average Bonchev–Trinajstić information content (AvgIpc) is 1.89. The summed E-state index contributed by atoms with van der Waals surface area (Å²) >= 11 is 0. The van der Waals surface area contributed by atoms with E-state index >= 15 is 0 Å². The van der Waals surface area contributed by atoms with Crippen LogP contribution in [-0.4, -0.2) is 13.1 Å². The van der Waals surface area contributed by atoms with Crippen molar-refractivity contribution in [2.75, 3.05) is 13.1 Å². The minimum absolute atomic E-state index is 1.10. The molecule has 9 heavy (non-hydrogen) atoms. The van der Waals surface area contributed by atoms with Gasteiger partial charge < -0.3 is 5.32 Å². The number of nitrogens with one attached hydrogen (secondary N) is 1. The Hall–Kier alpha value is -0.0400. The minimum Gasteiger partial charge on any atom is -0.317 e. The van der Waals surface area contributed by atoms with Crippen molar-refractivity contribution in [3.8, 4) is 0 Å². The molecule has 1 N–H and O–H groups in total. The first-order valence-electron chi connectivity index (χ1n) is 3.94. The monoisotopic (exact) mass is 128 g/mol. The molecule has 0 aromatic carbocycles. The van der Waals surface area contributed by atoms with Crippen LogP contribution in [0.1, 0.15) is 33.1 Å². The van der Waals surface area contributed by atoms with Gasteiger partial charge in [-0.05, 0) is 32.4 Å². The Morgan fingerprint density at radius 3 is 2.67 bits per heavy atom. The smallest absolute Gasteiger partial charge is 0.00489 e. The summed E-state index contributed by atoms with van der Waals surface area (Å²) in [7, 11) is 0. The van der Waals surface area contributed by atoms with Crippen molar-refractivity contribution in [1.29, 1.82) is 0 Å². The summed E-state index contributed by atoms with van der Waals surface area (Å²) in [5, 5.41) is 3.29. The molecule has 0 rings (SSSR count). The van der Waals surface area contributed by atoms with Crippen molar-refractivity contribution >= 4 is 0 Å². The van der Waals surface area contributed by atoms with E-state index in [1.165, 1.54) is 25.8 Å². The fourth-order valence-electron chi connectivity index (χ4n) is 0.752. The van der Waals surface area contributed by atoms with Crippen LogP contribution in [0.3, 0.4) is 0 Å². The number of hydrogen-bond acceptors (Lipinski definition) is 1. The van der Waals surface area contributed by atoms with Crippen LogP contribution in [0, 0.1) is 6.42 Å². The molecule has 0 unspecified atom stereocenters. The molecule has 0 saturated carbocycles. The van der Waals surface area contributed by atoms with E-state index in [1.807, 2.05) is 0 Å². The van der Waals surface area contributed by atoms with Gasteiger partial charge in [-0.25, -0.2) is 0 Å². The Morgan fingerprint density at radius 2 is 2.11 bits per heavy atom. The first kappa shape index (κ1) is 8.96. The zero-order chi connectivity index (χ0) is 6.95. The first-order chi connectivity index (χ1) is 4.41. The molecule has 0 aliphatic rings. The Bertz CT molecular complexity index is 37.8. The van der Waals surface area contributed by atoms with Gasteiger partial charge in [0.15, 0.2) is 0 Å². The molecule has 0 fully saturated rings. The molecular weight excluding hydrogens is 110 g/mol. The van der Waals surface area contributed by atoms with Crippen molar-refractivity contribution in [3.63, 3.8) is 0 Å². The van der Waals surface area contributed by atoms with E-state index in [0.717, 1.165) is 6.54 Å². The highest BCUT2D eigenvalue weighted by Gasteiger charge is 1.84. The number of rotatable bonds is 6. The molecule has 1 radical (unpaired) electrons. The Kier molecular flexibility index (Phi) is 7.92. The highest BCUT2D eigenvalue weighted by atomic mass is 14.8. The third-order valence-corrected chi connectivity index (χ3v) is 1.30. The van der Waals surface area contributed by atoms with Gasteiger partial charge in [-0.3, -0.25) is 0 Å². The quantitative estimate of drug-likeness (QED) is 0.539. The second kappa shape index (κ2) is 7.96. The van der Waals surface area contributed by atoms with E-state index in [-0.39, 0.29) is 0 Å². The topological polar surface area (TPSA) is 12.0 Å². The SMILES string of the molecule is CC[CH]CCCNCC. The van der Waals surface area contributed by atoms with Gasteiger partial charge in [-0.1, -0.05) is 20.3 Å². The molecule has 55 valence electrons. The van der Waals surface area contributed by atoms with Gasteiger partial charge >= 0.3 is 0 Å². The molecule has 1 nitrogen and oxygen atoms in total. The van der Waals surface area contributed by atoms with Gasteiger partial charge in [-0.2, -0.15) is 0 Å². The lowest BCUT2D eigenvalue weighted by molar-refractivity contribution is 0.662. The molecular formula is C8H18N. The summed E-state index contributed by atoms with van der Waals surface area (Å²) < 4.78 is 0. The van der Waals surface area contributed by atoms with Crippen LogP contribution >= 0.6 is 0 Å². The standard InChI is InChI=1S/C8H18N/c1-3-5-6-7-8-9-4-2/h5,9H,3-4,6-8H2,1-2H3. The second-order valence-electron chi connectivity index (χ2n) is 2.19. The van der Waals surface area contributed by atoms with E-state index in [2.05, 4.69) is 25.6 Å².